The summed E-state index contributed by atoms with van der Waals surface area (Å²) in [7, 11) is 0. The summed E-state index contributed by atoms with van der Waals surface area (Å²) in [4.78, 5) is 13.5. The average Bonchev–Trinajstić information content (AvgIpc) is 2.43. The number of carbonyl (C=O) groups is 1. The van der Waals surface area contributed by atoms with Crippen LogP contribution in [0.15, 0.2) is 12.1 Å². The van der Waals surface area contributed by atoms with Gasteiger partial charge in [0.25, 0.3) is 5.91 Å². The summed E-state index contributed by atoms with van der Waals surface area (Å²) in [6, 6.07) is 5.70. The van der Waals surface area contributed by atoms with Crippen molar-refractivity contribution < 1.29 is 9.53 Å². The molecule has 0 bridgehead atoms. The highest BCUT2D eigenvalue weighted by Gasteiger charge is 2.20. The summed E-state index contributed by atoms with van der Waals surface area (Å²) in [6.07, 6.45) is 0.423. The van der Waals surface area contributed by atoms with Gasteiger partial charge in [0, 0.05) is 19.2 Å². The molecule has 1 aromatic rings. The number of nitriles is 1. The van der Waals surface area contributed by atoms with Crippen LogP contribution < -0.4 is 20.7 Å². The molecule has 21 heavy (non-hydrogen) atoms. The monoisotopic (exact) mass is 288 g/mol. The van der Waals surface area contributed by atoms with Gasteiger partial charge in [-0.05, 0) is 12.0 Å². The maximum atomic E-state index is 11.4. The maximum absolute atomic E-state index is 11.4. The fraction of sp³-hybridized carbons (Fsp3) is 0.467. The Morgan fingerprint density at radius 2 is 2.29 bits per heavy atom. The van der Waals surface area contributed by atoms with E-state index in [1.807, 2.05) is 6.07 Å². The van der Waals surface area contributed by atoms with Gasteiger partial charge in [-0.2, -0.15) is 5.26 Å². The van der Waals surface area contributed by atoms with Crippen LogP contribution in [0, 0.1) is 17.2 Å². The predicted molar refractivity (Wildman–Crippen MR) is 82.3 cm³/mol. The number of hydrogen-bond acceptors (Lipinski definition) is 5. The van der Waals surface area contributed by atoms with E-state index >= 15 is 0 Å². The zero-order valence-electron chi connectivity index (χ0n) is 12.3. The van der Waals surface area contributed by atoms with Gasteiger partial charge in [-0.25, -0.2) is 0 Å². The molecule has 3 N–H and O–H groups in total. The van der Waals surface area contributed by atoms with E-state index in [1.165, 1.54) is 0 Å². The van der Waals surface area contributed by atoms with E-state index in [0.717, 1.165) is 12.2 Å². The number of rotatable bonds is 5. The number of carbonyl (C=O) groups excluding carboxylic acids is 1. The van der Waals surface area contributed by atoms with Gasteiger partial charge in [-0.15, -0.1) is 0 Å². The number of nitrogen functional groups attached to an aromatic ring is 1. The third kappa shape index (κ3) is 3.57. The summed E-state index contributed by atoms with van der Waals surface area (Å²) < 4.78 is 5.35. The van der Waals surface area contributed by atoms with Crippen LogP contribution in [-0.2, 0) is 4.79 Å². The lowest BCUT2D eigenvalue weighted by Crippen LogP contribution is -2.30. The molecule has 0 saturated heterocycles. The van der Waals surface area contributed by atoms with E-state index in [0.29, 0.717) is 36.0 Å². The second-order valence-electron chi connectivity index (χ2n) is 5.49. The number of hydrogen-bond donors (Lipinski definition) is 2. The third-order valence-corrected chi connectivity index (χ3v) is 3.18. The fourth-order valence-electron chi connectivity index (χ4n) is 2.34. The molecule has 2 rings (SSSR count). The zero-order valence-corrected chi connectivity index (χ0v) is 12.3. The molecular weight excluding hydrogens is 268 g/mol. The van der Waals surface area contributed by atoms with Crippen LogP contribution in [0.4, 0.5) is 17.1 Å². The van der Waals surface area contributed by atoms with Crippen LogP contribution in [0.3, 0.4) is 0 Å². The summed E-state index contributed by atoms with van der Waals surface area (Å²) in [5.74, 6) is 0.844. The number of benzene rings is 1. The second kappa shape index (κ2) is 6.35. The van der Waals surface area contributed by atoms with Gasteiger partial charge >= 0.3 is 0 Å². The van der Waals surface area contributed by atoms with Crippen LogP contribution in [0.25, 0.3) is 0 Å². The summed E-state index contributed by atoms with van der Waals surface area (Å²) in [6.45, 7) is 5.62. The second-order valence-corrected chi connectivity index (χ2v) is 5.49. The number of nitrogens with two attached hydrogens (primary N) is 1. The molecule has 0 spiro atoms. The van der Waals surface area contributed by atoms with E-state index in [-0.39, 0.29) is 12.5 Å². The fourth-order valence-corrected chi connectivity index (χ4v) is 2.34. The Balaban J connectivity index is 2.33. The molecule has 0 saturated carbocycles. The van der Waals surface area contributed by atoms with Gasteiger partial charge in [-0.1, -0.05) is 13.8 Å². The number of ether oxygens (including phenoxy) is 1. The SMILES string of the molecule is CC(C)CN(CCC#N)c1cc2c(cc1N)OCC(=O)N2. The van der Waals surface area contributed by atoms with E-state index in [9.17, 15) is 4.79 Å². The Bertz CT molecular complexity index is 578. The lowest BCUT2D eigenvalue weighted by atomic mass is 10.1. The number of nitrogens with zero attached hydrogens (tertiary/aromatic N) is 2. The molecule has 1 aliphatic rings. The topological polar surface area (TPSA) is 91.4 Å². The molecule has 0 fully saturated rings. The highest BCUT2D eigenvalue weighted by atomic mass is 16.5. The molecule has 1 aromatic carbocycles. The van der Waals surface area contributed by atoms with Crippen molar-refractivity contribution in [2.24, 2.45) is 5.92 Å². The van der Waals surface area contributed by atoms with Gasteiger partial charge in [0.2, 0.25) is 0 Å². The lowest BCUT2D eigenvalue weighted by molar-refractivity contribution is -0.118. The van der Waals surface area contributed by atoms with Gasteiger partial charge in [0.15, 0.2) is 6.61 Å². The normalized spacial score (nSPS) is 13.1. The molecule has 0 atom stereocenters. The average molecular weight is 288 g/mol. The van der Waals surface area contributed by atoms with Gasteiger partial charge in [-0.3, -0.25) is 4.79 Å². The molecule has 0 aromatic heterocycles. The van der Waals surface area contributed by atoms with E-state index < -0.39 is 0 Å². The van der Waals surface area contributed by atoms with E-state index in [2.05, 4.69) is 30.1 Å². The minimum Gasteiger partial charge on any atom is -0.482 e. The Kier molecular flexibility index (Phi) is 4.53. The standard InChI is InChI=1S/C15H20N4O2/c1-10(2)8-19(5-3-4-16)13-7-12-14(6-11(13)17)21-9-15(20)18-12/h6-7,10H,3,5,8-9,17H2,1-2H3,(H,18,20). The van der Waals surface area contributed by atoms with Crippen molar-refractivity contribution in [3.8, 4) is 11.8 Å². The minimum absolute atomic E-state index is 0.00985. The summed E-state index contributed by atoms with van der Waals surface area (Å²) in [5, 5.41) is 11.6. The molecule has 0 aliphatic carbocycles. The zero-order chi connectivity index (χ0) is 15.4. The van der Waals surface area contributed by atoms with Crippen molar-refractivity contribution in [1.82, 2.24) is 0 Å². The quantitative estimate of drug-likeness (QED) is 0.808. The molecule has 1 amide bonds. The number of fused-ring (bicyclic) bond motifs is 1. The Morgan fingerprint density at radius 3 is 2.95 bits per heavy atom. The molecule has 0 unspecified atom stereocenters. The maximum Gasteiger partial charge on any atom is 0.262 e. The summed E-state index contributed by atoms with van der Waals surface area (Å²) >= 11 is 0. The highest BCUT2D eigenvalue weighted by molar-refractivity contribution is 5.97. The van der Waals surface area contributed by atoms with E-state index in [4.69, 9.17) is 15.7 Å². The Hall–Kier alpha value is -2.42. The van der Waals surface area contributed by atoms with Crippen molar-refractivity contribution in [2.75, 3.05) is 35.6 Å². The minimum atomic E-state index is -0.175. The first-order chi connectivity index (χ1) is 10.0. The first-order valence-corrected chi connectivity index (χ1v) is 6.99. The molecule has 6 nitrogen and oxygen atoms in total. The van der Waals surface area contributed by atoms with Gasteiger partial charge in [0.05, 0.1) is 29.6 Å². The predicted octanol–water partition coefficient (Wildman–Crippen LogP) is 1.98. The van der Waals surface area contributed by atoms with Crippen molar-refractivity contribution in [3.05, 3.63) is 12.1 Å². The van der Waals surface area contributed by atoms with Crippen LogP contribution in [-0.4, -0.2) is 25.6 Å². The van der Waals surface area contributed by atoms with Crippen LogP contribution in [0.5, 0.6) is 5.75 Å². The van der Waals surface area contributed by atoms with Crippen LogP contribution in [0.2, 0.25) is 0 Å². The van der Waals surface area contributed by atoms with Crippen molar-refractivity contribution in [1.29, 1.82) is 5.26 Å². The number of anilines is 3. The van der Waals surface area contributed by atoms with Crippen LogP contribution >= 0.6 is 0 Å². The van der Waals surface area contributed by atoms with Crippen molar-refractivity contribution in [3.63, 3.8) is 0 Å². The Labute approximate surface area is 124 Å². The molecule has 0 radical (unpaired) electrons. The number of amides is 1. The molecular formula is C15H20N4O2. The first kappa shape index (κ1) is 15.0. The molecule has 1 aliphatic heterocycles. The van der Waals surface area contributed by atoms with Crippen LogP contribution in [0.1, 0.15) is 20.3 Å². The highest BCUT2D eigenvalue weighted by Crippen LogP contribution is 2.37. The smallest absolute Gasteiger partial charge is 0.262 e. The summed E-state index contributed by atoms with van der Waals surface area (Å²) in [5.41, 5.74) is 8.15. The van der Waals surface area contributed by atoms with Crippen molar-refractivity contribution in [2.45, 2.75) is 20.3 Å². The first-order valence-electron chi connectivity index (χ1n) is 6.99. The van der Waals surface area contributed by atoms with E-state index in [1.54, 1.807) is 6.07 Å². The molecule has 6 heteroatoms. The van der Waals surface area contributed by atoms with Gasteiger partial charge in [0.1, 0.15) is 5.75 Å². The third-order valence-electron chi connectivity index (χ3n) is 3.18. The lowest BCUT2D eigenvalue weighted by Gasteiger charge is -2.29. The molecule has 112 valence electrons. The van der Waals surface area contributed by atoms with Crippen molar-refractivity contribution >= 4 is 23.0 Å². The number of nitrogens with one attached hydrogen (secondary N) is 1. The molecule has 1 heterocycles. The largest absolute Gasteiger partial charge is 0.482 e. The van der Waals surface area contributed by atoms with Gasteiger partial charge < -0.3 is 20.7 Å². The Morgan fingerprint density at radius 1 is 1.52 bits per heavy atom.